The predicted molar refractivity (Wildman–Crippen MR) is 74.2 cm³/mol. The van der Waals surface area contributed by atoms with Gasteiger partial charge in [0.05, 0.1) is 11.6 Å². The molecular weight excluding hydrogens is 256 g/mol. The van der Waals surface area contributed by atoms with E-state index in [9.17, 15) is 9.59 Å². The molecule has 2 heterocycles. The minimum absolute atomic E-state index is 0.0237. The number of nitrogens with one attached hydrogen (secondary N) is 2. The third-order valence-corrected chi connectivity index (χ3v) is 4.31. The van der Waals surface area contributed by atoms with Gasteiger partial charge in [-0.3, -0.25) is 14.9 Å². The van der Waals surface area contributed by atoms with Crippen LogP contribution in [-0.2, 0) is 9.59 Å². The van der Waals surface area contributed by atoms with Crippen molar-refractivity contribution >= 4 is 17.8 Å². The van der Waals surface area contributed by atoms with Gasteiger partial charge in [-0.2, -0.15) is 0 Å². The number of likely N-dealkylation sites (tertiary alicyclic amines) is 1. The maximum absolute atomic E-state index is 12.4. The predicted octanol–water partition coefficient (Wildman–Crippen LogP) is 1.48. The molecule has 0 radical (unpaired) electrons. The van der Waals surface area contributed by atoms with Crippen LogP contribution in [0.15, 0.2) is 6.20 Å². The van der Waals surface area contributed by atoms with Gasteiger partial charge in [0.1, 0.15) is 0 Å². The van der Waals surface area contributed by atoms with E-state index in [-0.39, 0.29) is 11.8 Å². The third-order valence-electron chi connectivity index (χ3n) is 4.31. The zero-order chi connectivity index (χ0) is 14.3. The lowest BCUT2D eigenvalue weighted by Crippen LogP contribution is -2.37. The van der Waals surface area contributed by atoms with Crippen molar-refractivity contribution in [2.75, 3.05) is 18.4 Å². The first-order chi connectivity index (χ1) is 9.48. The van der Waals surface area contributed by atoms with Gasteiger partial charge in [0.25, 0.3) is 0 Å². The first kappa shape index (κ1) is 13.1. The van der Waals surface area contributed by atoms with E-state index >= 15 is 0 Å². The van der Waals surface area contributed by atoms with Crippen LogP contribution in [0.25, 0.3) is 0 Å². The molecule has 0 bridgehead atoms. The summed E-state index contributed by atoms with van der Waals surface area (Å²) in [4.78, 5) is 32.8. The molecule has 6 nitrogen and oxygen atoms in total. The van der Waals surface area contributed by atoms with E-state index in [2.05, 4.69) is 15.3 Å². The fourth-order valence-electron chi connectivity index (χ4n) is 2.67. The van der Waals surface area contributed by atoms with Gasteiger partial charge < -0.3 is 9.88 Å². The van der Waals surface area contributed by atoms with Gasteiger partial charge in [0.2, 0.25) is 17.8 Å². The molecule has 20 heavy (non-hydrogen) atoms. The summed E-state index contributed by atoms with van der Waals surface area (Å²) in [5, 5.41) is 2.84. The molecule has 2 amide bonds. The fourth-order valence-corrected chi connectivity index (χ4v) is 2.67. The van der Waals surface area contributed by atoms with Crippen LogP contribution in [-0.4, -0.2) is 39.8 Å². The summed E-state index contributed by atoms with van der Waals surface area (Å²) < 4.78 is 0. The first-order valence-corrected chi connectivity index (χ1v) is 7.10. The number of anilines is 1. The second-order valence-electron chi connectivity index (χ2n) is 6.17. The SMILES string of the molecule is CC(=O)N1CCC(C)(C(=O)Nc2ncc(C3CC3)[nH]2)C1. The molecule has 2 aliphatic rings. The summed E-state index contributed by atoms with van der Waals surface area (Å²) in [7, 11) is 0. The number of hydrogen-bond acceptors (Lipinski definition) is 3. The molecule has 1 saturated heterocycles. The van der Waals surface area contributed by atoms with Crippen LogP contribution in [0.2, 0.25) is 0 Å². The monoisotopic (exact) mass is 276 g/mol. The molecule has 2 fully saturated rings. The Hall–Kier alpha value is -1.85. The van der Waals surface area contributed by atoms with Gasteiger partial charge in [0.15, 0.2) is 0 Å². The van der Waals surface area contributed by atoms with Crippen LogP contribution in [0.5, 0.6) is 0 Å². The highest BCUT2D eigenvalue weighted by Crippen LogP contribution is 2.39. The van der Waals surface area contributed by atoms with Crippen LogP contribution in [0.4, 0.5) is 5.95 Å². The molecule has 1 atom stereocenters. The Bertz CT molecular complexity index is 549. The Morgan fingerprint density at radius 3 is 2.85 bits per heavy atom. The highest BCUT2D eigenvalue weighted by molar-refractivity contribution is 5.94. The number of H-pyrrole nitrogens is 1. The third kappa shape index (κ3) is 2.42. The molecule has 2 N–H and O–H groups in total. The number of aromatic nitrogens is 2. The van der Waals surface area contributed by atoms with Crippen molar-refractivity contribution in [1.29, 1.82) is 0 Å². The minimum atomic E-state index is -0.530. The second-order valence-corrected chi connectivity index (χ2v) is 6.17. The highest BCUT2D eigenvalue weighted by Gasteiger charge is 2.41. The summed E-state index contributed by atoms with van der Waals surface area (Å²) in [5.74, 6) is 1.05. The molecule has 1 aromatic heterocycles. The number of amides is 2. The number of nitrogens with zero attached hydrogens (tertiary/aromatic N) is 2. The smallest absolute Gasteiger partial charge is 0.234 e. The van der Waals surface area contributed by atoms with Gasteiger partial charge in [0, 0.05) is 31.6 Å². The molecule has 0 aromatic carbocycles. The van der Waals surface area contributed by atoms with Gasteiger partial charge in [-0.1, -0.05) is 0 Å². The first-order valence-electron chi connectivity index (χ1n) is 7.10. The van der Waals surface area contributed by atoms with Crippen molar-refractivity contribution < 1.29 is 9.59 Å². The van der Waals surface area contributed by atoms with Crippen LogP contribution < -0.4 is 5.32 Å². The molecule has 1 unspecified atom stereocenters. The Labute approximate surface area is 117 Å². The summed E-state index contributed by atoms with van der Waals surface area (Å²) >= 11 is 0. The number of rotatable bonds is 3. The van der Waals surface area contributed by atoms with Crippen molar-refractivity contribution in [2.24, 2.45) is 5.41 Å². The van der Waals surface area contributed by atoms with E-state index in [0.717, 1.165) is 5.69 Å². The van der Waals surface area contributed by atoms with E-state index in [4.69, 9.17) is 0 Å². The zero-order valence-electron chi connectivity index (χ0n) is 11.9. The molecular formula is C14H20N4O2. The molecule has 1 aliphatic heterocycles. The van der Waals surface area contributed by atoms with Gasteiger partial charge in [-0.25, -0.2) is 4.98 Å². The topological polar surface area (TPSA) is 78.1 Å². The number of imidazole rings is 1. The summed E-state index contributed by atoms with van der Waals surface area (Å²) in [6.45, 7) is 4.56. The van der Waals surface area contributed by atoms with Crippen molar-refractivity contribution in [2.45, 2.75) is 39.0 Å². The standard InChI is InChI=1S/C14H20N4O2/c1-9(19)18-6-5-14(2,8-18)12(20)17-13-15-7-11(16-13)10-3-4-10/h7,10H,3-6,8H2,1-2H3,(H2,15,16,17,20). The maximum Gasteiger partial charge on any atom is 0.234 e. The molecule has 6 heteroatoms. The van der Waals surface area contributed by atoms with E-state index in [1.54, 1.807) is 11.1 Å². The van der Waals surface area contributed by atoms with Crippen molar-refractivity contribution in [1.82, 2.24) is 14.9 Å². The Morgan fingerprint density at radius 1 is 1.50 bits per heavy atom. The number of aromatic amines is 1. The normalized spacial score (nSPS) is 25.8. The quantitative estimate of drug-likeness (QED) is 0.878. The van der Waals surface area contributed by atoms with Gasteiger partial charge >= 0.3 is 0 Å². The lowest BCUT2D eigenvalue weighted by Gasteiger charge is -2.22. The number of carbonyl (C=O) groups is 2. The Balaban J connectivity index is 1.64. The Kier molecular flexibility index (Phi) is 3.03. The summed E-state index contributed by atoms with van der Waals surface area (Å²) in [5.41, 5.74) is 0.570. The molecule has 1 aromatic rings. The average Bonchev–Trinajstić information content (AvgIpc) is 3.01. The molecule has 1 aliphatic carbocycles. The lowest BCUT2D eigenvalue weighted by molar-refractivity contribution is -0.129. The van der Waals surface area contributed by atoms with E-state index < -0.39 is 5.41 Å². The van der Waals surface area contributed by atoms with Crippen molar-refractivity contribution in [3.63, 3.8) is 0 Å². The number of carbonyl (C=O) groups excluding carboxylic acids is 2. The van der Waals surface area contributed by atoms with Crippen LogP contribution >= 0.6 is 0 Å². The lowest BCUT2D eigenvalue weighted by atomic mass is 9.89. The summed E-state index contributed by atoms with van der Waals surface area (Å²) in [6.07, 6.45) is 4.88. The zero-order valence-corrected chi connectivity index (χ0v) is 11.9. The Morgan fingerprint density at radius 2 is 2.25 bits per heavy atom. The molecule has 1 saturated carbocycles. The minimum Gasteiger partial charge on any atom is -0.342 e. The average molecular weight is 276 g/mol. The van der Waals surface area contributed by atoms with Gasteiger partial charge in [-0.05, 0) is 26.2 Å². The van der Waals surface area contributed by atoms with E-state index in [0.29, 0.717) is 31.4 Å². The summed E-state index contributed by atoms with van der Waals surface area (Å²) in [6, 6.07) is 0. The van der Waals surface area contributed by atoms with Crippen LogP contribution in [0, 0.1) is 5.41 Å². The van der Waals surface area contributed by atoms with Crippen LogP contribution in [0.3, 0.4) is 0 Å². The second kappa shape index (κ2) is 4.61. The largest absolute Gasteiger partial charge is 0.342 e. The molecule has 108 valence electrons. The fraction of sp³-hybridized carbons (Fsp3) is 0.643. The maximum atomic E-state index is 12.4. The molecule has 0 spiro atoms. The molecule has 3 rings (SSSR count). The van der Waals surface area contributed by atoms with E-state index in [1.807, 2.05) is 6.92 Å². The van der Waals surface area contributed by atoms with Crippen molar-refractivity contribution in [3.05, 3.63) is 11.9 Å². The highest BCUT2D eigenvalue weighted by atomic mass is 16.2. The van der Waals surface area contributed by atoms with Gasteiger partial charge in [-0.15, -0.1) is 0 Å². The van der Waals surface area contributed by atoms with Crippen LogP contribution in [0.1, 0.15) is 44.7 Å². The van der Waals surface area contributed by atoms with E-state index in [1.165, 1.54) is 19.8 Å². The number of hydrogen-bond donors (Lipinski definition) is 2. The van der Waals surface area contributed by atoms with Crippen molar-refractivity contribution in [3.8, 4) is 0 Å².